The molecule has 0 unspecified atom stereocenters. The summed E-state index contributed by atoms with van der Waals surface area (Å²) in [6, 6.07) is 12.3. The molecule has 0 aromatic heterocycles. The number of hydrazone groups is 1. The molecule has 0 saturated carbocycles. The van der Waals surface area contributed by atoms with Crippen molar-refractivity contribution in [1.29, 1.82) is 0 Å². The van der Waals surface area contributed by atoms with Crippen LogP contribution in [0.15, 0.2) is 41.5 Å². The number of hydrogen-bond acceptors (Lipinski definition) is 5. The Labute approximate surface area is 140 Å². The maximum atomic E-state index is 5.55. The van der Waals surface area contributed by atoms with E-state index in [1.807, 2.05) is 12.1 Å². The topological polar surface area (TPSA) is 43.3 Å². The second-order valence-electron chi connectivity index (χ2n) is 6.36. The van der Waals surface area contributed by atoms with Gasteiger partial charge in [0.2, 0.25) is 6.79 Å². The van der Waals surface area contributed by atoms with E-state index in [1.54, 1.807) is 7.11 Å². The van der Waals surface area contributed by atoms with E-state index in [1.165, 1.54) is 16.8 Å². The van der Waals surface area contributed by atoms with Crippen molar-refractivity contribution in [3.63, 3.8) is 0 Å². The van der Waals surface area contributed by atoms with E-state index < -0.39 is 0 Å². The van der Waals surface area contributed by atoms with Crippen LogP contribution in [0.3, 0.4) is 0 Å². The minimum Gasteiger partial charge on any atom is -0.497 e. The van der Waals surface area contributed by atoms with Gasteiger partial charge in [0, 0.05) is 11.5 Å². The fourth-order valence-corrected chi connectivity index (χ4v) is 3.73. The Kier molecular flexibility index (Phi) is 2.95. The van der Waals surface area contributed by atoms with Crippen LogP contribution in [-0.4, -0.2) is 26.2 Å². The molecule has 5 nitrogen and oxygen atoms in total. The zero-order valence-electron chi connectivity index (χ0n) is 13.5. The summed E-state index contributed by atoms with van der Waals surface area (Å²) in [6.45, 7) is 1.24. The molecule has 0 saturated heterocycles. The van der Waals surface area contributed by atoms with E-state index >= 15 is 0 Å². The fourth-order valence-electron chi connectivity index (χ4n) is 3.73. The molecular formula is C19H18N2O3. The molecule has 0 radical (unpaired) electrons. The molecule has 3 aliphatic rings. The summed E-state index contributed by atoms with van der Waals surface area (Å²) in [6.07, 6.45) is 2.18. The van der Waals surface area contributed by atoms with E-state index in [-0.39, 0.29) is 0 Å². The number of benzene rings is 2. The number of methoxy groups -OCH3 is 1. The van der Waals surface area contributed by atoms with Gasteiger partial charge in [-0.1, -0.05) is 0 Å². The molecule has 0 bridgehead atoms. The van der Waals surface area contributed by atoms with Gasteiger partial charge in [0.05, 0.1) is 25.1 Å². The van der Waals surface area contributed by atoms with Crippen LogP contribution in [0.25, 0.3) is 0 Å². The third-order valence-corrected chi connectivity index (χ3v) is 5.02. The second kappa shape index (κ2) is 5.16. The first kappa shape index (κ1) is 13.7. The minimum atomic E-state index is 0.312. The molecule has 0 fully saturated rings. The van der Waals surface area contributed by atoms with Crippen molar-refractivity contribution < 1.29 is 14.2 Å². The maximum Gasteiger partial charge on any atom is 0.231 e. The second-order valence-corrected chi connectivity index (χ2v) is 6.36. The van der Waals surface area contributed by atoms with E-state index in [2.05, 4.69) is 29.3 Å². The van der Waals surface area contributed by atoms with Gasteiger partial charge in [-0.3, -0.25) is 5.01 Å². The Balaban J connectivity index is 1.51. The van der Waals surface area contributed by atoms with Crippen LogP contribution < -0.4 is 19.2 Å². The SMILES string of the molecule is COc1ccc(N2C[C@H]3CCc4cc5c(cc4C3=N2)OCO5)cc1. The van der Waals surface area contributed by atoms with Crippen molar-refractivity contribution in [2.45, 2.75) is 12.8 Å². The predicted octanol–water partition coefficient (Wildman–Crippen LogP) is 3.21. The van der Waals surface area contributed by atoms with Gasteiger partial charge >= 0.3 is 0 Å². The van der Waals surface area contributed by atoms with E-state index in [9.17, 15) is 0 Å². The number of hydrogen-bond donors (Lipinski definition) is 0. The smallest absolute Gasteiger partial charge is 0.231 e. The maximum absolute atomic E-state index is 5.55. The van der Waals surface area contributed by atoms with Gasteiger partial charge in [-0.2, -0.15) is 5.10 Å². The van der Waals surface area contributed by atoms with Gasteiger partial charge in [-0.25, -0.2) is 0 Å². The van der Waals surface area contributed by atoms with Crippen LogP contribution in [0.5, 0.6) is 17.2 Å². The van der Waals surface area contributed by atoms with Gasteiger partial charge in [0.1, 0.15) is 5.75 Å². The van der Waals surface area contributed by atoms with Crippen LogP contribution in [0, 0.1) is 5.92 Å². The van der Waals surface area contributed by atoms with E-state index in [0.717, 1.165) is 42.3 Å². The lowest BCUT2D eigenvalue weighted by atomic mass is 9.82. The Morgan fingerprint density at radius 1 is 1.12 bits per heavy atom. The average Bonchev–Trinajstić information content (AvgIpc) is 3.26. The van der Waals surface area contributed by atoms with Crippen LogP contribution in [0.1, 0.15) is 17.5 Å². The zero-order chi connectivity index (χ0) is 16.1. The summed E-state index contributed by atoms with van der Waals surface area (Å²) >= 11 is 0. The van der Waals surface area contributed by atoms with Crippen LogP contribution in [0.4, 0.5) is 5.69 Å². The lowest BCUT2D eigenvalue weighted by Gasteiger charge is -2.22. The monoisotopic (exact) mass is 322 g/mol. The highest BCUT2D eigenvalue weighted by molar-refractivity contribution is 6.07. The fraction of sp³-hybridized carbons (Fsp3) is 0.316. The summed E-state index contributed by atoms with van der Waals surface area (Å²) in [4.78, 5) is 0. The lowest BCUT2D eigenvalue weighted by Crippen LogP contribution is -2.24. The molecule has 122 valence electrons. The van der Waals surface area contributed by atoms with Gasteiger partial charge < -0.3 is 14.2 Å². The molecule has 0 N–H and O–H groups in total. The molecule has 0 spiro atoms. The normalized spacial score (nSPS) is 20.5. The summed E-state index contributed by atoms with van der Waals surface area (Å²) < 4.78 is 16.3. The molecule has 24 heavy (non-hydrogen) atoms. The highest BCUT2D eigenvalue weighted by Crippen LogP contribution is 2.40. The third kappa shape index (κ3) is 2.04. The molecule has 2 aliphatic heterocycles. The summed E-state index contributed by atoms with van der Waals surface area (Å²) in [7, 11) is 1.68. The number of fused-ring (bicyclic) bond motifs is 4. The van der Waals surface area contributed by atoms with Crippen molar-refractivity contribution >= 4 is 11.4 Å². The molecule has 0 amide bonds. The lowest BCUT2D eigenvalue weighted by molar-refractivity contribution is 0.174. The van der Waals surface area contributed by atoms with Crippen molar-refractivity contribution in [1.82, 2.24) is 0 Å². The first-order valence-corrected chi connectivity index (χ1v) is 8.25. The van der Waals surface area contributed by atoms with Gasteiger partial charge in [0.15, 0.2) is 11.5 Å². The van der Waals surface area contributed by atoms with Crippen molar-refractivity contribution in [3.05, 3.63) is 47.5 Å². The number of nitrogens with zero attached hydrogens (tertiary/aromatic N) is 2. The van der Waals surface area contributed by atoms with Crippen molar-refractivity contribution in [2.24, 2.45) is 11.0 Å². The van der Waals surface area contributed by atoms with Crippen LogP contribution >= 0.6 is 0 Å². The van der Waals surface area contributed by atoms with E-state index in [0.29, 0.717) is 12.7 Å². The minimum absolute atomic E-state index is 0.312. The van der Waals surface area contributed by atoms with Crippen LogP contribution in [0.2, 0.25) is 0 Å². The Hall–Kier alpha value is -2.69. The van der Waals surface area contributed by atoms with Gasteiger partial charge in [-0.15, -0.1) is 0 Å². The standard InChI is InChI=1S/C19H18N2O3/c1-22-15-6-4-14(5-7-15)21-10-13-3-2-12-8-17-18(24-11-23-17)9-16(12)19(13)20-21/h4-9,13H,2-3,10-11H2,1H3/t13-/m1/s1. The van der Waals surface area contributed by atoms with Crippen molar-refractivity contribution in [2.75, 3.05) is 25.5 Å². The van der Waals surface area contributed by atoms with Crippen molar-refractivity contribution in [3.8, 4) is 17.2 Å². The molecule has 2 heterocycles. The molecule has 5 rings (SSSR count). The quantitative estimate of drug-likeness (QED) is 0.851. The average molecular weight is 322 g/mol. The molecule has 5 heteroatoms. The summed E-state index contributed by atoms with van der Waals surface area (Å²) in [5.41, 5.74) is 4.79. The molecule has 1 atom stereocenters. The number of ether oxygens (including phenoxy) is 3. The Morgan fingerprint density at radius 2 is 1.92 bits per heavy atom. The number of rotatable bonds is 2. The van der Waals surface area contributed by atoms with Gasteiger partial charge in [0.25, 0.3) is 0 Å². The largest absolute Gasteiger partial charge is 0.497 e. The highest BCUT2D eigenvalue weighted by atomic mass is 16.7. The van der Waals surface area contributed by atoms with Gasteiger partial charge in [-0.05, 0) is 54.8 Å². The molecule has 2 aromatic carbocycles. The summed E-state index contributed by atoms with van der Waals surface area (Å²) in [5, 5.41) is 7.01. The number of anilines is 1. The predicted molar refractivity (Wildman–Crippen MR) is 91.3 cm³/mol. The molecular weight excluding hydrogens is 304 g/mol. The summed E-state index contributed by atoms with van der Waals surface area (Å²) in [5.74, 6) is 3.03. The third-order valence-electron chi connectivity index (χ3n) is 5.02. The number of aryl methyl sites for hydroxylation is 1. The van der Waals surface area contributed by atoms with Crippen LogP contribution in [-0.2, 0) is 6.42 Å². The zero-order valence-corrected chi connectivity index (χ0v) is 13.5. The molecule has 2 aromatic rings. The van der Waals surface area contributed by atoms with E-state index in [4.69, 9.17) is 19.3 Å². The Bertz CT molecular complexity index is 829. The Morgan fingerprint density at radius 3 is 2.71 bits per heavy atom. The highest BCUT2D eigenvalue weighted by Gasteiger charge is 2.34. The first-order valence-electron chi connectivity index (χ1n) is 8.25. The first-order chi connectivity index (χ1) is 11.8. The molecule has 1 aliphatic carbocycles.